The lowest BCUT2D eigenvalue weighted by Gasteiger charge is -2.18. The van der Waals surface area contributed by atoms with Crippen molar-refractivity contribution in [3.8, 4) is 5.75 Å². The number of rotatable bonds is 6. The minimum absolute atomic E-state index is 0.226. The van der Waals surface area contributed by atoms with E-state index < -0.39 is 36.5 Å². The summed E-state index contributed by atoms with van der Waals surface area (Å²) in [6.07, 6.45) is -1.13. The summed E-state index contributed by atoms with van der Waals surface area (Å²) >= 11 is 0. The molecule has 1 fully saturated rings. The first-order valence-electron chi connectivity index (χ1n) is 7.64. The van der Waals surface area contributed by atoms with Crippen LogP contribution in [0.15, 0.2) is 24.3 Å². The van der Waals surface area contributed by atoms with E-state index >= 15 is 0 Å². The van der Waals surface area contributed by atoms with Gasteiger partial charge in [0.25, 0.3) is 11.8 Å². The van der Waals surface area contributed by atoms with Crippen molar-refractivity contribution >= 4 is 23.8 Å². The molecule has 2 N–H and O–H groups in total. The van der Waals surface area contributed by atoms with E-state index in [0.29, 0.717) is 12.3 Å². The molecule has 4 amide bonds. The molecule has 0 spiro atoms. The lowest BCUT2D eigenvalue weighted by atomic mass is 10.2. The van der Waals surface area contributed by atoms with E-state index in [1.807, 2.05) is 0 Å². The molecule has 1 aliphatic rings. The van der Waals surface area contributed by atoms with Crippen molar-refractivity contribution in [1.29, 1.82) is 0 Å². The number of carbonyl (C=O) groups excluding carboxylic acids is 4. The number of para-hydroxylation sites is 1. The molecule has 134 valence electrons. The highest BCUT2D eigenvalue weighted by atomic mass is 16.5. The molecule has 1 aromatic rings. The number of methoxy groups -OCH3 is 1. The Bertz CT molecular complexity index is 690. The smallest absolute Gasteiger partial charge is 0.326 e. The summed E-state index contributed by atoms with van der Waals surface area (Å²) < 4.78 is 10.0. The Balaban J connectivity index is 1.84. The van der Waals surface area contributed by atoms with Crippen molar-refractivity contribution in [2.45, 2.75) is 13.0 Å². The molecule has 0 aliphatic carbocycles. The SMILES string of the molecule is COc1ccccc1C(=O)NCC(=O)O[C@H](C)C(=O)N1CCNC1=O. The number of esters is 1. The van der Waals surface area contributed by atoms with Crippen LogP contribution in [0.4, 0.5) is 4.79 Å². The molecule has 0 bridgehead atoms. The third kappa shape index (κ3) is 4.46. The van der Waals surface area contributed by atoms with E-state index in [-0.39, 0.29) is 12.1 Å². The molecule has 1 heterocycles. The summed E-state index contributed by atoms with van der Waals surface area (Å²) in [5, 5.41) is 4.88. The second-order valence-electron chi connectivity index (χ2n) is 5.24. The molecule has 9 heteroatoms. The quantitative estimate of drug-likeness (QED) is 0.694. The molecule has 0 unspecified atom stereocenters. The Morgan fingerprint density at radius 1 is 1.32 bits per heavy atom. The van der Waals surface area contributed by atoms with E-state index in [2.05, 4.69) is 10.6 Å². The van der Waals surface area contributed by atoms with Crippen LogP contribution in [-0.2, 0) is 14.3 Å². The highest BCUT2D eigenvalue weighted by Gasteiger charge is 2.31. The maximum atomic E-state index is 12.1. The Kier molecular flexibility index (Phi) is 5.93. The van der Waals surface area contributed by atoms with E-state index in [4.69, 9.17) is 9.47 Å². The van der Waals surface area contributed by atoms with Gasteiger partial charge in [-0.3, -0.25) is 19.3 Å². The van der Waals surface area contributed by atoms with Crippen molar-refractivity contribution in [3.63, 3.8) is 0 Å². The van der Waals surface area contributed by atoms with E-state index in [0.717, 1.165) is 4.90 Å². The summed E-state index contributed by atoms with van der Waals surface area (Å²) in [6.45, 7) is 1.54. The minimum Gasteiger partial charge on any atom is -0.496 e. The van der Waals surface area contributed by atoms with E-state index in [1.54, 1.807) is 24.3 Å². The summed E-state index contributed by atoms with van der Waals surface area (Å²) in [6, 6.07) is 6.04. The first-order chi connectivity index (χ1) is 11.9. The molecular formula is C16H19N3O6. The standard InChI is InChI=1S/C16H19N3O6/c1-10(15(22)19-8-7-17-16(19)23)25-13(20)9-18-14(21)11-5-3-4-6-12(11)24-2/h3-6,10H,7-9H2,1-2H3,(H,17,23)(H,18,21)/t10-/m1/s1. The number of imide groups is 1. The number of hydrogen-bond acceptors (Lipinski definition) is 6. The Labute approximate surface area is 144 Å². The zero-order valence-corrected chi connectivity index (χ0v) is 13.9. The zero-order valence-electron chi connectivity index (χ0n) is 13.9. The van der Waals surface area contributed by atoms with Crippen LogP contribution in [0.3, 0.4) is 0 Å². The molecule has 1 aromatic carbocycles. The van der Waals surface area contributed by atoms with Gasteiger partial charge in [-0.05, 0) is 19.1 Å². The van der Waals surface area contributed by atoms with Crippen LogP contribution in [0, 0.1) is 0 Å². The maximum absolute atomic E-state index is 12.1. The van der Waals surface area contributed by atoms with Crippen LogP contribution in [0.1, 0.15) is 17.3 Å². The Morgan fingerprint density at radius 3 is 2.68 bits per heavy atom. The molecule has 25 heavy (non-hydrogen) atoms. The zero-order chi connectivity index (χ0) is 18.4. The molecule has 1 aliphatic heterocycles. The molecule has 0 radical (unpaired) electrons. The maximum Gasteiger partial charge on any atom is 0.326 e. The summed E-state index contributed by atoms with van der Waals surface area (Å²) in [5.74, 6) is -1.53. The number of urea groups is 1. The number of benzene rings is 1. The fourth-order valence-electron chi connectivity index (χ4n) is 2.27. The van der Waals surface area contributed by atoms with Crippen LogP contribution in [0.2, 0.25) is 0 Å². The van der Waals surface area contributed by atoms with Gasteiger partial charge in [0.1, 0.15) is 12.3 Å². The van der Waals surface area contributed by atoms with Gasteiger partial charge in [0, 0.05) is 13.1 Å². The number of carbonyl (C=O) groups is 4. The van der Waals surface area contributed by atoms with Crippen molar-refractivity contribution in [3.05, 3.63) is 29.8 Å². The number of amides is 4. The van der Waals surface area contributed by atoms with Crippen molar-refractivity contribution in [1.82, 2.24) is 15.5 Å². The summed E-state index contributed by atoms with van der Waals surface area (Å²) in [4.78, 5) is 48.3. The van der Waals surface area contributed by atoms with Gasteiger partial charge in [-0.25, -0.2) is 4.79 Å². The van der Waals surface area contributed by atoms with Gasteiger partial charge in [-0.2, -0.15) is 0 Å². The Hall–Kier alpha value is -3.10. The normalized spacial score (nSPS) is 14.5. The molecule has 0 aromatic heterocycles. The lowest BCUT2D eigenvalue weighted by molar-refractivity contribution is -0.156. The van der Waals surface area contributed by atoms with Gasteiger partial charge in [0.15, 0.2) is 6.10 Å². The average Bonchev–Trinajstić information content (AvgIpc) is 3.04. The van der Waals surface area contributed by atoms with Gasteiger partial charge in [-0.1, -0.05) is 12.1 Å². The highest BCUT2D eigenvalue weighted by molar-refractivity contribution is 5.99. The van der Waals surface area contributed by atoms with Gasteiger partial charge in [0.2, 0.25) is 0 Å². The summed E-state index contributed by atoms with van der Waals surface area (Å²) in [5.41, 5.74) is 0.274. The topological polar surface area (TPSA) is 114 Å². The second kappa shape index (κ2) is 8.13. The molecule has 2 rings (SSSR count). The van der Waals surface area contributed by atoms with Crippen LogP contribution in [-0.4, -0.2) is 61.6 Å². The highest BCUT2D eigenvalue weighted by Crippen LogP contribution is 2.16. The fourth-order valence-corrected chi connectivity index (χ4v) is 2.27. The summed E-state index contributed by atoms with van der Waals surface area (Å²) in [7, 11) is 1.43. The number of nitrogens with one attached hydrogen (secondary N) is 2. The van der Waals surface area contributed by atoms with Gasteiger partial charge >= 0.3 is 12.0 Å². The van der Waals surface area contributed by atoms with Crippen LogP contribution in [0.5, 0.6) is 5.75 Å². The minimum atomic E-state index is -1.13. The second-order valence-corrected chi connectivity index (χ2v) is 5.24. The van der Waals surface area contributed by atoms with Crippen LogP contribution < -0.4 is 15.4 Å². The lowest BCUT2D eigenvalue weighted by Crippen LogP contribution is -2.43. The number of hydrogen-bond donors (Lipinski definition) is 2. The Morgan fingerprint density at radius 2 is 2.04 bits per heavy atom. The van der Waals surface area contributed by atoms with E-state index in [9.17, 15) is 19.2 Å². The van der Waals surface area contributed by atoms with E-state index in [1.165, 1.54) is 14.0 Å². The molecule has 9 nitrogen and oxygen atoms in total. The fraction of sp³-hybridized carbons (Fsp3) is 0.375. The first kappa shape index (κ1) is 18.2. The first-order valence-corrected chi connectivity index (χ1v) is 7.64. The van der Waals surface area contributed by atoms with Crippen molar-refractivity contribution < 1.29 is 28.7 Å². The third-order valence-corrected chi connectivity index (χ3v) is 3.52. The van der Waals surface area contributed by atoms with Crippen molar-refractivity contribution in [2.75, 3.05) is 26.7 Å². The predicted molar refractivity (Wildman–Crippen MR) is 86.0 cm³/mol. The molecular weight excluding hydrogens is 330 g/mol. The van der Waals surface area contributed by atoms with Gasteiger partial charge in [0.05, 0.1) is 12.7 Å². The van der Waals surface area contributed by atoms with Crippen LogP contribution >= 0.6 is 0 Å². The largest absolute Gasteiger partial charge is 0.496 e. The molecule has 0 saturated carbocycles. The monoisotopic (exact) mass is 349 g/mol. The van der Waals surface area contributed by atoms with Crippen molar-refractivity contribution in [2.24, 2.45) is 0 Å². The molecule has 1 atom stereocenters. The van der Waals surface area contributed by atoms with Gasteiger partial charge in [-0.15, -0.1) is 0 Å². The number of nitrogens with zero attached hydrogens (tertiary/aromatic N) is 1. The predicted octanol–water partition coefficient (Wildman–Crippen LogP) is -0.0915. The molecule has 1 saturated heterocycles. The average molecular weight is 349 g/mol. The van der Waals surface area contributed by atoms with Gasteiger partial charge < -0.3 is 20.1 Å². The number of ether oxygens (including phenoxy) is 2. The third-order valence-electron chi connectivity index (χ3n) is 3.52. The van der Waals surface area contributed by atoms with Crippen LogP contribution in [0.25, 0.3) is 0 Å².